The fraction of sp³-hybridized carbons (Fsp3) is 0.818. The number of primary amides is 1. The van der Waals surface area contributed by atoms with Gasteiger partial charge < -0.3 is 11.1 Å². The summed E-state index contributed by atoms with van der Waals surface area (Å²) in [6.45, 7) is 7.41. The Balaban J connectivity index is 4.58. The van der Waals surface area contributed by atoms with Crippen molar-refractivity contribution >= 4 is 11.8 Å². The third-order valence-electron chi connectivity index (χ3n) is 3.02. The second-order valence-corrected chi connectivity index (χ2v) is 4.34. The van der Waals surface area contributed by atoms with E-state index >= 15 is 0 Å². The first-order valence-corrected chi connectivity index (χ1v) is 5.78. The smallest absolute Gasteiger partial charge is 0.258 e. The number of hydrogen-bond donors (Lipinski definition) is 2. The van der Waals surface area contributed by atoms with Gasteiger partial charge in [0.1, 0.15) is 0 Å². The van der Waals surface area contributed by atoms with Gasteiger partial charge >= 0.3 is 0 Å². The Morgan fingerprint density at radius 3 is 2.00 bits per heavy atom. The predicted octanol–water partition coefficient (Wildman–Crippen LogP) is -0.792. The quantitative estimate of drug-likeness (QED) is 0.575. The summed E-state index contributed by atoms with van der Waals surface area (Å²) in [4.78, 5) is 26.7. The monoisotopic (exact) mass is 244 g/mol. The van der Waals surface area contributed by atoms with E-state index in [-0.39, 0.29) is 12.5 Å². The lowest BCUT2D eigenvalue weighted by Crippen LogP contribution is -2.64. The Kier molecular flexibility index (Phi) is 6.12. The van der Waals surface area contributed by atoms with Crippen molar-refractivity contribution in [1.82, 2.24) is 15.1 Å². The normalized spacial score (nSPS) is 14.8. The van der Waals surface area contributed by atoms with Crippen LogP contribution in [-0.4, -0.2) is 61.0 Å². The summed E-state index contributed by atoms with van der Waals surface area (Å²) in [5.74, 6) is -0.779. The lowest BCUT2D eigenvalue weighted by Gasteiger charge is -2.34. The zero-order chi connectivity index (χ0) is 13.6. The molecule has 0 fully saturated rings. The van der Waals surface area contributed by atoms with E-state index in [0.717, 1.165) is 13.1 Å². The minimum Gasteiger partial charge on any atom is -0.366 e. The second kappa shape index (κ2) is 6.56. The minimum absolute atomic E-state index is 0.205. The fourth-order valence-corrected chi connectivity index (χ4v) is 1.36. The fourth-order valence-electron chi connectivity index (χ4n) is 1.36. The summed E-state index contributed by atoms with van der Waals surface area (Å²) in [6, 6.07) is 0. The summed E-state index contributed by atoms with van der Waals surface area (Å²) in [7, 11) is 3.39. The molecule has 100 valence electrons. The summed E-state index contributed by atoms with van der Waals surface area (Å²) in [5, 5.41) is 2.66. The maximum absolute atomic E-state index is 11.8. The number of rotatable bonds is 7. The van der Waals surface area contributed by atoms with Gasteiger partial charge in [0, 0.05) is 0 Å². The lowest BCUT2D eigenvalue weighted by molar-refractivity contribution is -0.137. The summed E-state index contributed by atoms with van der Waals surface area (Å²) in [5.41, 5.74) is 4.16. The maximum atomic E-state index is 11.8. The first-order valence-electron chi connectivity index (χ1n) is 5.78. The zero-order valence-electron chi connectivity index (χ0n) is 11.4. The van der Waals surface area contributed by atoms with E-state index in [0.29, 0.717) is 0 Å². The van der Waals surface area contributed by atoms with Gasteiger partial charge in [-0.1, -0.05) is 13.8 Å². The molecule has 17 heavy (non-hydrogen) atoms. The molecule has 0 saturated carbocycles. The summed E-state index contributed by atoms with van der Waals surface area (Å²) < 4.78 is 0. The molecule has 6 heteroatoms. The molecule has 3 N–H and O–H groups in total. The standard InChI is InChI=1S/C11H24N4O2/c1-6-15(7-2)8-9(16)13-11(3,10(12)17)14(4)5/h6-8H2,1-5H3,(H2,12,17)(H,13,16). The van der Waals surface area contributed by atoms with Crippen LogP contribution in [0.2, 0.25) is 0 Å². The predicted molar refractivity (Wildman–Crippen MR) is 67.2 cm³/mol. The van der Waals surface area contributed by atoms with Crippen molar-refractivity contribution in [2.24, 2.45) is 5.73 Å². The molecule has 0 heterocycles. The summed E-state index contributed by atoms with van der Waals surface area (Å²) in [6.07, 6.45) is 0. The number of nitrogens with two attached hydrogens (primary N) is 1. The number of nitrogens with zero attached hydrogens (tertiary/aromatic N) is 2. The van der Waals surface area contributed by atoms with Crippen LogP contribution in [0, 0.1) is 0 Å². The van der Waals surface area contributed by atoms with Crippen LogP contribution in [0.1, 0.15) is 20.8 Å². The van der Waals surface area contributed by atoms with Crippen LogP contribution in [0.25, 0.3) is 0 Å². The van der Waals surface area contributed by atoms with Crippen LogP contribution in [0.3, 0.4) is 0 Å². The van der Waals surface area contributed by atoms with Crippen molar-refractivity contribution in [2.75, 3.05) is 33.7 Å². The third-order valence-corrected chi connectivity index (χ3v) is 3.02. The second-order valence-electron chi connectivity index (χ2n) is 4.34. The van der Waals surface area contributed by atoms with Gasteiger partial charge in [-0.2, -0.15) is 0 Å². The van der Waals surface area contributed by atoms with Gasteiger partial charge in [-0.15, -0.1) is 0 Å². The minimum atomic E-state index is -1.15. The van der Waals surface area contributed by atoms with E-state index in [4.69, 9.17) is 5.73 Å². The molecule has 0 rings (SSSR count). The molecule has 2 amide bonds. The average molecular weight is 244 g/mol. The maximum Gasteiger partial charge on any atom is 0.258 e. The molecule has 0 saturated heterocycles. The van der Waals surface area contributed by atoms with Crippen LogP contribution in [0.4, 0.5) is 0 Å². The molecule has 1 atom stereocenters. The first kappa shape index (κ1) is 15.9. The van der Waals surface area contributed by atoms with Gasteiger partial charge in [0.15, 0.2) is 5.66 Å². The van der Waals surface area contributed by atoms with Crippen molar-refractivity contribution in [1.29, 1.82) is 0 Å². The number of nitrogens with one attached hydrogen (secondary N) is 1. The largest absolute Gasteiger partial charge is 0.366 e. The number of hydrogen-bond acceptors (Lipinski definition) is 4. The Morgan fingerprint density at radius 1 is 1.24 bits per heavy atom. The topological polar surface area (TPSA) is 78.7 Å². The van der Waals surface area contributed by atoms with Crippen molar-refractivity contribution in [3.63, 3.8) is 0 Å². The molecule has 0 aliphatic rings. The van der Waals surface area contributed by atoms with Gasteiger partial charge in [-0.25, -0.2) is 0 Å². The molecule has 0 aliphatic heterocycles. The average Bonchev–Trinajstić information content (AvgIpc) is 2.25. The molecule has 0 radical (unpaired) electrons. The SMILES string of the molecule is CCN(CC)CC(=O)NC(C)(C(N)=O)N(C)C. The molecule has 1 unspecified atom stereocenters. The third kappa shape index (κ3) is 4.32. The highest BCUT2D eigenvalue weighted by molar-refractivity contribution is 5.90. The van der Waals surface area contributed by atoms with E-state index in [1.54, 1.807) is 25.9 Å². The van der Waals surface area contributed by atoms with Gasteiger partial charge in [0.25, 0.3) is 5.91 Å². The first-order chi connectivity index (χ1) is 7.77. The van der Waals surface area contributed by atoms with E-state index < -0.39 is 11.6 Å². The lowest BCUT2D eigenvalue weighted by atomic mass is 10.1. The van der Waals surface area contributed by atoms with Crippen LogP contribution in [0.15, 0.2) is 0 Å². The highest BCUT2D eigenvalue weighted by atomic mass is 16.2. The van der Waals surface area contributed by atoms with Crippen LogP contribution < -0.4 is 11.1 Å². The molecule has 0 spiro atoms. The van der Waals surface area contributed by atoms with Crippen LogP contribution >= 0.6 is 0 Å². The van der Waals surface area contributed by atoms with Crippen molar-refractivity contribution in [3.05, 3.63) is 0 Å². The highest BCUT2D eigenvalue weighted by Gasteiger charge is 2.35. The molecule has 6 nitrogen and oxygen atoms in total. The summed E-state index contributed by atoms with van der Waals surface area (Å²) >= 11 is 0. The Bertz CT molecular complexity index is 277. The number of carbonyl (C=O) groups excluding carboxylic acids is 2. The van der Waals surface area contributed by atoms with Crippen LogP contribution in [-0.2, 0) is 9.59 Å². The van der Waals surface area contributed by atoms with E-state index in [1.807, 2.05) is 18.7 Å². The Labute approximate surface area is 103 Å². The molecule has 0 bridgehead atoms. The number of carbonyl (C=O) groups is 2. The van der Waals surface area contributed by atoms with Gasteiger partial charge in [0.2, 0.25) is 5.91 Å². The molecule has 0 aromatic heterocycles. The Morgan fingerprint density at radius 2 is 1.71 bits per heavy atom. The van der Waals surface area contributed by atoms with Crippen molar-refractivity contribution < 1.29 is 9.59 Å². The van der Waals surface area contributed by atoms with Gasteiger partial charge in [-0.05, 0) is 34.1 Å². The van der Waals surface area contributed by atoms with Crippen LogP contribution in [0.5, 0.6) is 0 Å². The van der Waals surface area contributed by atoms with E-state index in [9.17, 15) is 9.59 Å². The Hall–Kier alpha value is -1.14. The zero-order valence-corrected chi connectivity index (χ0v) is 11.4. The number of likely N-dealkylation sites (N-methyl/N-ethyl adjacent to an activating group) is 2. The number of amides is 2. The molecular formula is C11H24N4O2. The van der Waals surface area contributed by atoms with Gasteiger partial charge in [0.05, 0.1) is 6.54 Å². The van der Waals surface area contributed by atoms with Gasteiger partial charge in [-0.3, -0.25) is 19.4 Å². The molecule has 0 aromatic rings. The van der Waals surface area contributed by atoms with E-state index in [2.05, 4.69) is 5.32 Å². The molecule has 0 aliphatic carbocycles. The highest BCUT2D eigenvalue weighted by Crippen LogP contribution is 2.06. The van der Waals surface area contributed by atoms with Crippen molar-refractivity contribution in [2.45, 2.75) is 26.4 Å². The molecular weight excluding hydrogens is 220 g/mol. The molecule has 0 aromatic carbocycles. The van der Waals surface area contributed by atoms with E-state index in [1.165, 1.54) is 0 Å². The van der Waals surface area contributed by atoms with Crippen molar-refractivity contribution in [3.8, 4) is 0 Å².